The molecule has 2 heterocycles. The highest BCUT2D eigenvalue weighted by Crippen LogP contribution is 2.66. The van der Waals surface area contributed by atoms with Gasteiger partial charge in [0.2, 0.25) is 0 Å². The molecule has 2 aliphatic carbocycles. The Labute approximate surface area is 230 Å². The fourth-order valence-corrected chi connectivity index (χ4v) is 6.97. The number of fused-ring (bicyclic) bond motifs is 12. The molecule has 1 spiro atoms. The lowest BCUT2D eigenvalue weighted by Crippen LogP contribution is -2.33. The molecule has 186 valence electrons. The van der Waals surface area contributed by atoms with Gasteiger partial charge in [-0.3, -0.25) is 0 Å². The molecule has 4 nitrogen and oxygen atoms in total. The van der Waals surface area contributed by atoms with Crippen LogP contribution in [0.3, 0.4) is 0 Å². The van der Waals surface area contributed by atoms with E-state index in [1.807, 2.05) is 60.7 Å². The van der Waals surface area contributed by atoms with Crippen molar-refractivity contribution < 1.29 is 9.15 Å². The number of anilines is 2. The topological polar surface area (TPSA) is 49.4 Å². The summed E-state index contributed by atoms with van der Waals surface area (Å²) >= 11 is 0. The number of benzene rings is 5. The highest BCUT2D eigenvalue weighted by molar-refractivity contribution is 6.08. The molecule has 9 rings (SSSR count). The van der Waals surface area contributed by atoms with Gasteiger partial charge in [-0.25, -0.2) is 0 Å². The minimum absolute atomic E-state index is 0.591. The number of rotatable bonds is 1. The zero-order valence-corrected chi connectivity index (χ0v) is 21.3. The number of hydrogen-bond donors (Lipinski definition) is 0. The Morgan fingerprint density at radius 1 is 0.650 bits per heavy atom. The third-order valence-corrected chi connectivity index (χ3v) is 8.49. The molecule has 0 fully saturated rings. The Morgan fingerprint density at radius 3 is 2.05 bits per heavy atom. The minimum atomic E-state index is -0.787. The van der Waals surface area contributed by atoms with Gasteiger partial charge in [-0.05, 0) is 52.6 Å². The van der Waals surface area contributed by atoms with Gasteiger partial charge in [0, 0.05) is 5.39 Å². The van der Waals surface area contributed by atoms with E-state index in [2.05, 4.69) is 71.6 Å². The molecule has 40 heavy (non-hydrogen) atoms. The van der Waals surface area contributed by atoms with E-state index < -0.39 is 5.41 Å². The van der Waals surface area contributed by atoms with E-state index in [4.69, 9.17) is 9.15 Å². The Kier molecular flexibility index (Phi) is 4.03. The molecular weight excluding hydrogens is 492 g/mol. The molecule has 5 aromatic carbocycles. The lowest BCUT2D eigenvalue weighted by atomic mass is 9.76. The van der Waals surface area contributed by atoms with Crippen LogP contribution in [0.4, 0.5) is 11.4 Å². The number of ether oxygens (including phenoxy) is 1. The van der Waals surface area contributed by atoms with Gasteiger partial charge in [0.05, 0.1) is 28.2 Å². The van der Waals surface area contributed by atoms with E-state index in [1.165, 1.54) is 11.1 Å². The third-order valence-electron chi connectivity index (χ3n) is 8.49. The fourth-order valence-electron chi connectivity index (χ4n) is 6.97. The normalized spacial score (nSPS) is 15.2. The molecule has 0 saturated carbocycles. The van der Waals surface area contributed by atoms with E-state index in [0.717, 1.165) is 62.0 Å². The maximum absolute atomic E-state index is 10.2. The SMILES string of the molecule is N#Cc1ccccc1N1C2=C(Oc3ccccc31)C1(c3ccccc3-c3ccccc31)c1oc3ccccc3c12. The number of nitrogens with zero attached hydrogens (tertiary/aromatic N) is 2. The van der Waals surface area contributed by atoms with Crippen molar-refractivity contribution in [3.8, 4) is 22.9 Å². The van der Waals surface area contributed by atoms with Crippen molar-refractivity contribution in [3.05, 3.63) is 155 Å². The number of furan rings is 1. The standard InChI is InChI=1S/C36H20N2O2/c37-21-22-11-1-7-17-28(22)38-29-18-8-10-20-31(29)40-35-33(38)32-25-14-4-9-19-30(25)39-34(32)36(35)26-15-5-2-12-23(26)24-13-3-6-16-27(24)36/h1-20H. The Balaban J connectivity index is 1.50. The molecule has 1 aliphatic heterocycles. The highest BCUT2D eigenvalue weighted by Gasteiger charge is 2.60. The second-order valence-corrected chi connectivity index (χ2v) is 10.4. The smallest absolute Gasteiger partial charge is 0.152 e. The van der Waals surface area contributed by atoms with Crippen LogP contribution >= 0.6 is 0 Å². The fraction of sp³-hybridized carbons (Fsp3) is 0.0278. The molecule has 4 heteroatoms. The molecule has 0 amide bonds. The summed E-state index contributed by atoms with van der Waals surface area (Å²) in [7, 11) is 0. The molecule has 0 unspecified atom stereocenters. The number of para-hydroxylation sites is 4. The van der Waals surface area contributed by atoms with E-state index in [0.29, 0.717) is 5.56 Å². The van der Waals surface area contributed by atoms with E-state index >= 15 is 0 Å². The van der Waals surface area contributed by atoms with Gasteiger partial charge in [0.25, 0.3) is 0 Å². The summed E-state index contributed by atoms with van der Waals surface area (Å²) < 4.78 is 13.9. The lowest BCUT2D eigenvalue weighted by Gasteiger charge is -2.37. The van der Waals surface area contributed by atoms with Gasteiger partial charge in [-0.15, -0.1) is 0 Å². The quantitative estimate of drug-likeness (QED) is 0.222. The van der Waals surface area contributed by atoms with Gasteiger partial charge in [-0.2, -0.15) is 5.26 Å². The molecule has 0 radical (unpaired) electrons. The monoisotopic (exact) mass is 512 g/mol. The van der Waals surface area contributed by atoms with E-state index in [9.17, 15) is 5.26 Å². The number of allylic oxidation sites excluding steroid dienone is 1. The molecule has 1 aromatic heterocycles. The van der Waals surface area contributed by atoms with Crippen molar-refractivity contribution in [1.82, 2.24) is 0 Å². The van der Waals surface area contributed by atoms with Gasteiger partial charge < -0.3 is 14.1 Å². The summed E-state index contributed by atoms with van der Waals surface area (Å²) in [5.41, 5.74) is 8.84. The largest absolute Gasteiger partial charge is 0.459 e. The van der Waals surface area contributed by atoms with Crippen LogP contribution in [-0.2, 0) is 5.41 Å². The van der Waals surface area contributed by atoms with Gasteiger partial charge >= 0.3 is 0 Å². The predicted octanol–water partition coefficient (Wildman–Crippen LogP) is 8.53. The van der Waals surface area contributed by atoms with Crippen molar-refractivity contribution in [3.63, 3.8) is 0 Å². The molecule has 0 atom stereocenters. The second-order valence-electron chi connectivity index (χ2n) is 10.4. The zero-order valence-electron chi connectivity index (χ0n) is 21.3. The van der Waals surface area contributed by atoms with Crippen LogP contribution in [0.25, 0.3) is 27.8 Å². The summed E-state index contributed by atoms with van der Waals surface area (Å²) in [4.78, 5) is 2.20. The summed E-state index contributed by atoms with van der Waals surface area (Å²) in [6.45, 7) is 0. The van der Waals surface area contributed by atoms with Crippen molar-refractivity contribution in [2.75, 3.05) is 4.90 Å². The maximum Gasteiger partial charge on any atom is 0.152 e. The summed E-state index contributed by atoms with van der Waals surface area (Å²) in [6.07, 6.45) is 0. The van der Waals surface area contributed by atoms with Crippen molar-refractivity contribution in [1.29, 1.82) is 5.26 Å². The summed E-state index contributed by atoms with van der Waals surface area (Å²) in [5.74, 6) is 2.39. The molecule has 3 aliphatic rings. The van der Waals surface area contributed by atoms with E-state index in [1.54, 1.807) is 0 Å². The first-order chi connectivity index (χ1) is 19.8. The Hall–Kier alpha value is -5.53. The zero-order chi connectivity index (χ0) is 26.4. The first-order valence-electron chi connectivity index (χ1n) is 13.3. The highest BCUT2D eigenvalue weighted by atomic mass is 16.5. The minimum Gasteiger partial charge on any atom is -0.459 e. The number of nitriles is 1. The molecule has 6 aromatic rings. The van der Waals surface area contributed by atoms with Gasteiger partial charge in [0.1, 0.15) is 22.8 Å². The van der Waals surface area contributed by atoms with Crippen LogP contribution in [0.2, 0.25) is 0 Å². The predicted molar refractivity (Wildman–Crippen MR) is 155 cm³/mol. The van der Waals surface area contributed by atoms with Gasteiger partial charge in [-0.1, -0.05) is 91.0 Å². The molecule has 0 N–H and O–H groups in total. The van der Waals surface area contributed by atoms with Crippen LogP contribution in [0.5, 0.6) is 5.75 Å². The van der Waals surface area contributed by atoms with Crippen LogP contribution < -0.4 is 9.64 Å². The average Bonchev–Trinajstić information content (AvgIpc) is 3.63. The van der Waals surface area contributed by atoms with Gasteiger partial charge in [0.15, 0.2) is 11.5 Å². The Bertz CT molecular complexity index is 2080. The molecule has 0 saturated heterocycles. The first kappa shape index (κ1) is 21.4. The van der Waals surface area contributed by atoms with Crippen LogP contribution in [0.1, 0.15) is 28.0 Å². The molecular formula is C36H20N2O2. The summed E-state index contributed by atoms with van der Waals surface area (Å²) in [6, 6.07) is 43.5. The van der Waals surface area contributed by atoms with Crippen molar-refractivity contribution in [2.45, 2.75) is 5.41 Å². The van der Waals surface area contributed by atoms with Crippen molar-refractivity contribution >= 4 is 28.0 Å². The Morgan fingerprint density at radius 2 is 1.27 bits per heavy atom. The van der Waals surface area contributed by atoms with E-state index in [-0.39, 0.29) is 0 Å². The van der Waals surface area contributed by atoms with Crippen molar-refractivity contribution in [2.24, 2.45) is 0 Å². The van der Waals surface area contributed by atoms with Crippen LogP contribution in [0, 0.1) is 11.3 Å². The first-order valence-corrected chi connectivity index (χ1v) is 13.3. The second kappa shape index (κ2) is 7.53. The third kappa shape index (κ3) is 2.41. The average molecular weight is 513 g/mol. The summed E-state index contributed by atoms with van der Waals surface area (Å²) in [5, 5.41) is 11.2. The number of hydrogen-bond acceptors (Lipinski definition) is 4. The molecule has 0 bridgehead atoms. The lowest BCUT2D eigenvalue weighted by molar-refractivity contribution is 0.346. The van der Waals surface area contributed by atoms with Crippen LogP contribution in [0.15, 0.2) is 132 Å². The maximum atomic E-state index is 10.2. The van der Waals surface area contributed by atoms with Crippen LogP contribution in [-0.4, -0.2) is 0 Å².